The summed E-state index contributed by atoms with van der Waals surface area (Å²) >= 11 is 0. The number of carboxylic acid groups (broad SMARTS) is 1. The Kier molecular flexibility index (Phi) is 5.40. The lowest BCUT2D eigenvalue weighted by Crippen LogP contribution is -2.34. The first-order valence-corrected chi connectivity index (χ1v) is 7.86. The SMILES string of the molecule is Cc1cc(F)ccc1C1C(CNCC(C)C)CCN1C(=O)O. The van der Waals surface area contributed by atoms with Crippen LogP contribution in [0.1, 0.15) is 37.4 Å². The van der Waals surface area contributed by atoms with Crippen molar-refractivity contribution in [1.82, 2.24) is 10.2 Å². The number of nitrogens with one attached hydrogen (secondary N) is 1. The second kappa shape index (κ2) is 7.09. The zero-order chi connectivity index (χ0) is 16.3. The standard InChI is InChI=1S/C17H25FN2O2/c1-11(2)9-19-10-13-6-7-20(17(21)22)16(13)15-5-4-14(18)8-12(15)3/h4-5,8,11,13,16,19H,6-7,9-10H2,1-3H3,(H,21,22). The van der Waals surface area contributed by atoms with E-state index >= 15 is 0 Å². The monoisotopic (exact) mass is 308 g/mol. The predicted molar refractivity (Wildman–Crippen MR) is 84.4 cm³/mol. The van der Waals surface area contributed by atoms with Crippen molar-refractivity contribution in [3.63, 3.8) is 0 Å². The normalized spacial score (nSPS) is 21.6. The van der Waals surface area contributed by atoms with E-state index in [-0.39, 0.29) is 17.8 Å². The minimum absolute atomic E-state index is 0.197. The molecule has 2 unspecified atom stereocenters. The van der Waals surface area contributed by atoms with Crippen LogP contribution in [0.15, 0.2) is 18.2 Å². The Morgan fingerprint density at radius 1 is 1.50 bits per heavy atom. The van der Waals surface area contributed by atoms with Gasteiger partial charge in [0, 0.05) is 13.1 Å². The molecule has 22 heavy (non-hydrogen) atoms. The van der Waals surface area contributed by atoms with E-state index < -0.39 is 6.09 Å². The molecule has 1 aromatic carbocycles. The quantitative estimate of drug-likeness (QED) is 0.876. The van der Waals surface area contributed by atoms with Crippen LogP contribution in [0.2, 0.25) is 0 Å². The van der Waals surface area contributed by atoms with E-state index in [1.54, 1.807) is 6.07 Å². The lowest BCUT2D eigenvalue weighted by molar-refractivity contribution is 0.134. The smallest absolute Gasteiger partial charge is 0.407 e. The fourth-order valence-corrected chi connectivity index (χ4v) is 3.23. The summed E-state index contributed by atoms with van der Waals surface area (Å²) < 4.78 is 13.3. The zero-order valence-electron chi connectivity index (χ0n) is 13.5. The topological polar surface area (TPSA) is 52.6 Å². The van der Waals surface area contributed by atoms with E-state index in [0.717, 1.165) is 30.6 Å². The summed E-state index contributed by atoms with van der Waals surface area (Å²) in [7, 11) is 0. The molecule has 0 radical (unpaired) electrons. The van der Waals surface area contributed by atoms with E-state index in [4.69, 9.17) is 0 Å². The third-order valence-corrected chi connectivity index (χ3v) is 4.28. The van der Waals surface area contributed by atoms with Gasteiger partial charge in [-0.05, 0) is 55.0 Å². The molecule has 1 aliphatic rings. The van der Waals surface area contributed by atoms with Gasteiger partial charge in [0.2, 0.25) is 0 Å². The van der Waals surface area contributed by atoms with Gasteiger partial charge in [-0.3, -0.25) is 0 Å². The molecule has 1 heterocycles. The van der Waals surface area contributed by atoms with Gasteiger partial charge in [0.05, 0.1) is 6.04 Å². The average molecular weight is 308 g/mol. The van der Waals surface area contributed by atoms with Crippen molar-refractivity contribution in [3.05, 3.63) is 35.1 Å². The zero-order valence-corrected chi connectivity index (χ0v) is 13.5. The van der Waals surface area contributed by atoms with Crippen LogP contribution in [0, 0.1) is 24.6 Å². The largest absolute Gasteiger partial charge is 0.465 e. The van der Waals surface area contributed by atoms with Crippen LogP contribution < -0.4 is 5.32 Å². The Balaban J connectivity index is 2.21. The molecule has 0 spiro atoms. The van der Waals surface area contributed by atoms with Crippen molar-refractivity contribution in [2.45, 2.75) is 33.2 Å². The van der Waals surface area contributed by atoms with Crippen molar-refractivity contribution in [1.29, 1.82) is 0 Å². The van der Waals surface area contributed by atoms with Gasteiger partial charge in [0.25, 0.3) is 0 Å². The fourth-order valence-electron chi connectivity index (χ4n) is 3.23. The molecule has 0 aliphatic carbocycles. The van der Waals surface area contributed by atoms with Gasteiger partial charge in [-0.15, -0.1) is 0 Å². The summed E-state index contributed by atoms with van der Waals surface area (Å²) in [6, 6.07) is 4.43. The first-order valence-electron chi connectivity index (χ1n) is 7.86. The molecule has 1 saturated heterocycles. The van der Waals surface area contributed by atoms with Gasteiger partial charge in [0.15, 0.2) is 0 Å². The maximum atomic E-state index is 13.3. The van der Waals surface area contributed by atoms with Crippen LogP contribution in [0.4, 0.5) is 9.18 Å². The first kappa shape index (κ1) is 16.7. The van der Waals surface area contributed by atoms with Crippen molar-refractivity contribution < 1.29 is 14.3 Å². The number of nitrogens with zero attached hydrogens (tertiary/aromatic N) is 1. The molecule has 1 fully saturated rings. The molecule has 5 heteroatoms. The third kappa shape index (κ3) is 3.77. The van der Waals surface area contributed by atoms with Gasteiger partial charge in [-0.2, -0.15) is 0 Å². The summed E-state index contributed by atoms with van der Waals surface area (Å²) in [4.78, 5) is 13.0. The van der Waals surface area contributed by atoms with Crippen LogP contribution in [-0.2, 0) is 0 Å². The lowest BCUT2D eigenvalue weighted by Gasteiger charge is -2.28. The lowest BCUT2D eigenvalue weighted by atomic mass is 9.90. The van der Waals surface area contributed by atoms with Crippen LogP contribution >= 0.6 is 0 Å². The number of likely N-dealkylation sites (tertiary alicyclic amines) is 1. The molecule has 2 rings (SSSR count). The van der Waals surface area contributed by atoms with Crippen molar-refractivity contribution >= 4 is 6.09 Å². The summed E-state index contributed by atoms with van der Waals surface area (Å²) in [6.07, 6.45) is -0.0705. The van der Waals surface area contributed by atoms with Gasteiger partial charge in [-0.1, -0.05) is 19.9 Å². The molecular formula is C17H25FN2O2. The average Bonchev–Trinajstić information content (AvgIpc) is 2.82. The molecule has 1 amide bonds. The highest BCUT2D eigenvalue weighted by Gasteiger charge is 2.38. The maximum absolute atomic E-state index is 13.3. The summed E-state index contributed by atoms with van der Waals surface area (Å²) in [5.74, 6) is 0.498. The summed E-state index contributed by atoms with van der Waals surface area (Å²) in [5, 5.41) is 12.9. The predicted octanol–water partition coefficient (Wildman–Crippen LogP) is 3.42. The maximum Gasteiger partial charge on any atom is 0.407 e. The highest BCUT2D eigenvalue weighted by atomic mass is 19.1. The van der Waals surface area contributed by atoms with Gasteiger partial charge < -0.3 is 15.3 Å². The third-order valence-electron chi connectivity index (χ3n) is 4.28. The Labute approximate surface area is 131 Å². The second-order valence-corrected chi connectivity index (χ2v) is 6.52. The Hall–Kier alpha value is -1.62. The molecule has 4 nitrogen and oxygen atoms in total. The number of halogens is 1. The van der Waals surface area contributed by atoms with Crippen molar-refractivity contribution in [2.24, 2.45) is 11.8 Å². The molecule has 122 valence electrons. The summed E-state index contributed by atoms with van der Waals surface area (Å²) in [5.41, 5.74) is 1.73. The van der Waals surface area contributed by atoms with E-state index in [2.05, 4.69) is 19.2 Å². The van der Waals surface area contributed by atoms with Gasteiger partial charge in [-0.25, -0.2) is 9.18 Å². The van der Waals surface area contributed by atoms with E-state index in [9.17, 15) is 14.3 Å². The molecular weight excluding hydrogens is 283 g/mol. The van der Waals surface area contributed by atoms with Crippen LogP contribution in [0.25, 0.3) is 0 Å². The number of rotatable bonds is 5. The van der Waals surface area contributed by atoms with Crippen LogP contribution in [-0.4, -0.2) is 35.7 Å². The molecule has 1 aliphatic heterocycles. The van der Waals surface area contributed by atoms with Crippen molar-refractivity contribution in [2.75, 3.05) is 19.6 Å². The molecule has 1 aromatic rings. The van der Waals surface area contributed by atoms with Gasteiger partial charge >= 0.3 is 6.09 Å². The van der Waals surface area contributed by atoms with Crippen molar-refractivity contribution in [3.8, 4) is 0 Å². The molecule has 0 saturated carbocycles. The number of aryl methyl sites for hydroxylation is 1. The minimum Gasteiger partial charge on any atom is -0.465 e. The first-order chi connectivity index (χ1) is 10.4. The van der Waals surface area contributed by atoms with Crippen LogP contribution in [0.5, 0.6) is 0 Å². The number of benzene rings is 1. The summed E-state index contributed by atoms with van der Waals surface area (Å²) in [6.45, 7) is 8.36. The Morgan fingerprint density at radius 2 is 2.23 bits per heavy atom. The van der Waals surface area contributed by atoms with E-state index in [1.807, 2.05) is 6.92 Å². The van der Waals surface area contributed by atoms with E-state index in [1.165, 1.54) is 17.0 Å². The highest BCUT2D eigenvalue weighted by Crippen LogP contribution is 2.38. The molecule has 2 N–H and O–H groups in total. The number of hydrogen-bond acceptors (Lipinski definition) is 2. The van der Waals surface area contributed by atoms with Gasteiger partial charge in [0.1, 0.15) is 5.82 Å². The molecule has 0 aromatic heterocycles. The minimum atomic E-state index is -0.903. The Bertz CT molecular complexity index is 533. The number of amides is 1. The number of hydrogen-bond donors (Lipinski definition) is 2. The fraction of sp³-hybridized carbons (Fsp3) is 0.588. The Morgan fingerprint density at radius 3 is 2.82 bits per heavy atom. The number of carbonyl (C=O) groups is 1. The highest BCUT2D eigenvalue weighted by molar-refractivity contribution is 5.66. The second-order valence-electron chi connectivity index (χ2n) is 6.52. The van der Waals surface area contributed by atoms with Crippen LogP contribution in [0.3, 0.4) is 0 Å². The molecule has 2 atom stereocenters. The molecule has 0 bridgehead atoms. The van der Waals surface area contributed by atoms with E-state index in [0.29, 0.717) is 12.5 Å².